The lowest BCUT2D eigenvalue weighted by molar-refractivity contribution is 0.0469. The number of nitrogens with two attached hydrogens (primary N) is 1. The molecule has 0 saturated heterocycles. The Bertz CT molecular complexity index is 674. The molecule has 0 radical (unpaired) electrons. The number of benzene rings is 2. The summed E-state index contributed by atoms with van der Waals surface area (Å²) in [6, 6.07) is 7.56. The van der Waals surface area contributed by atoms with E-state index in [1.54, 1.807) is 12.1 Å². The Labute approximate surface area is 120 Å². The van der Waals surface area contributed by atoms with E-state index in [0.29, 0.717) is 5.75 Å². The zero-order chi connectivity index (χ0) is 15.4. The molecule has 6 heteroatoms. The van der Waals surface area contributed by atoms with Gasteiger partial charge in [0, 0.05) is 5.56 Å². The van der Waals surface area contributed by atoms with Gasteiger partial charge in [0.1, 0.15) is 24.0 Å². The van der Waals surface area contributed by atoms with Crippen molar-refractivity contribution in [3.8, 4) is 5.75 Å². The molecule has 2 rings (SSSR count). The Morgan fingerprint density at radius 3 is 2.71 bits per heavy atom. The van der Waals surface area contributed by atoms with Crippen molar-refractivity contribution < 1.29 is 23.0 Å². The molecule has 2 N–H and O–H groups in total. The topological polar surface area (TPSA) is 61.5 Å². The van der Waals surface area contributed by atoms with E-state index in [2.05, 4.69) is 0 Å². The van der Waals surface area contributed by atoms with E-state index in [0.717, 1.165) is 18.2 Å². The molecule has 0 bridgehead atoms. The van der Waals surface area contributed by atoms with E-state index >= 15 is 0 Å². The Hall–Kier alpha value is -2.63. The van der Waals surface area contributed by atoms with E-state index in [-0.39, 0.29) is 23.4 Å². The second kappa shape index (κ2) is 6.21. The monoisotopic (exact) mass is 293 g/mol. The summed E-state index contributed by atoms with van der Waals surface area (Å²) in [5.74, 6) is -1.66. The highest BCUT2D eigenvalue weighted by Crippen LogP contribution is 2.25. The van der Waals surface area contributed by atoms with Crippen LogP contribution in [0.4, 0.5) is 14.5 Å². The third kappa shape index (κ3) is 3.28. The summed E-state index contributed by atoms with van der Waals surface area (Å²) in [6.45, 7) is -0.390. The number of hydrogen-bond acceptors (Lipinski definition) is 4. The molecule has 0 atom stereocenters. The molecule has 0 amide bonds. The minimum absolute atomic E-state index is 0.0511. The Balaban J connectivity index is 2.14. The van der Waals surface area contributed by atoms with E-state index < -0.39 is 17.6 Å². The van der Waals surface area contributed by atoms with Crippen LogP contribution in [0.15, 0.2) is 36.4 Å². The Morgan fingerprint density at radius 2 is 2.00 bits per heavy atom. The number of carbonyl (C=O) groups excluding carboxylic acids is 1. The number of ether oxygens (including phenoxy) is 2. The molecule has 2 aromatic carbocycles. The van der Waals surface area contributed by atoms with Gasteiger partial charge in [-0.25, -0.2) is 13.6 Å². The van der Waals surface area contributed by atoms with Gasteiger partial charge in [-0.3, -0.25) is 0 Å². The number of esters is 1. The highest BCUT2D eigenvalue weighted by molar-refractivity contribution is 5.96. The van der Waals surface area contributed by atoms with Crippen molar-refractivity contribution in [2.24, 2.45) is 0 Å². The molecule has 0 aliphatic heterocycles. The van der Waals surface area contributed by atoms with E-state index in [1.807, 2.05) is 0 Å². The summed E-state index contributed by atoms with van der Waals surface area (Å²) >= 11 is 0. The Morgan fingerprint density at radius 1 is 1.24 bits per heavy atom. The van der Waals surface area contributed by atoms with Gasteiger partial charge >= 0.3 is 5.97 Å². The summed E-state index contributed by atoms with van der Waals surface area (Å²) in [4.78, 5) is 11.9. The summed E-state index contributed by atoms with van der Waals surface area (Å²) in [7, 11) is 1.42. The fourth-order valence-corrected chi connectivity index (χ4v) is 1.77. The minimum atomic E-state index is -0.741. The van der Waals surface area contributed by atoms with E-state index in [1.165, 1.54) is 13.2 Å². The highest BCUT2D eigenvalue weighted by Gasteiger charge is 2.15. The average Bonchev–Trinajstić information content (AvgIpc) is 2.48. The van der Waals surface area contributed by atoms with Crippen LogP contribution in [0.1, 0.15) is 15.9 Å². The molecule has 4 nitrogen and oxygen atoms in total. The number of para-hydroxylation sites is 1. The third-order valence-corrected chi connectivity index (χ3v) is 2.87. The van der Waals surface area contributed by atoms with Gasteiger partial charge in [-0.1, -0.05) is 6.07 Å². The lowest BCUT2D eigenvalue weighted by Crippen LogP contribution is -2.10. The minimum Gasteiger partial charge on any atom is -0.495 e. The summed E-state index contributed by atoms with van der Waals surface area (Å²) in [5.41, 5.74) is 5.94. The molecule has 0 fully saturated rings. The van der Waals surface area contributed by atoms with Crippen molar-refractivity contribution in [1.29, 1.82) is 0 Å². The van der Waals surface area contributed by atoms with Crippen molar-refractivity contribution in [3.05, 3.63) is 59.2 Å². The zero-order valence-electron chi connectivity index (χ0n) is 11.2. The summed E-state index contributed by atoms with van der Waals surface area (Å²) < 4.78 is 36.4. The highest BCUT2D eigenvalue weighted by atomic mass is 19.1. The molecule has 0 aromatic heterocycles. The standard InChI is InChI=1S/C15H13F2NO3/c1-20-13-4-2-3-11(14(13)18)15(19)21-8-9-7-10(16)5-6-12(9)17/h2-7H,8,18H2,1H3. The Kier molecular flexibility index (Phi) is 4.37. The molecule has 0 spiro atoms. The lowest BCUT2D eigenvalue weighted by atomic mass is 10.1. The number of anilines is 1. The van der Waals surface area contributed by atoms with Crippen LogP contribution in [-0.4, -0.2) is 13.1 Å². The second-order valence-electron chi connectivity index (χ2n) is 4.23. The van der Waals surface area contributed by atoms with Crippen LogP contribution >= 0.6 is 0 Å². The third-order valence-electron chi connectivity index (χ3n) is 2.87. The first-order chi connectivity index (χ1) is 10.0. The van der Waals surface area contributed by atoms with Crippen LogP contribution in [0.25, 0.3) is 0 Å². The van der Waals surface area contributed by atoms with Crippen LogP contribution in [0.3, 0.4) is 0 Å². The van der Waals surface area contributed by atoms with Crippen molar-refractivity contribution in [1.82, 2.24) is 0 Å². The second-order valence-corrected chi connectivity index (χ2v) is 4.23. The van der Waals surface area contributed by atoms with Crippen LogP contribution in [0, 0.1) is 11.6 Å². The van der Waals surface area contributed by atoms with Gasteiger partial charge in [0.15, 0.2) is 0 Å². The van der Waals surface area contributed by atoms with Gasteiger partial charge in [0.2, 0.25) is 0 Å². The maximum atomic E-state index is 13.4. The van der Waals surface area contributed by atoms with E-state index in [4.69, 9.17) is 15.2 Å². The lowest BCUT2D eigenvalue weighted by Gasteiger charge is -2.10. The first kappa shape index (κ1) is 14.8. The molecule has 21 heavy (non-hydrogen) atoms. The summed E-state index contributed by atoms with van der Waals surface area (Å²) in [5, 5.41) is 0. The molecule has 0 heterocycles. The number of nitrogen functional groups attached to an aromatic ring is 1. The molecule has 2 aromatic rings. The van der Waals surface area contributed by atoms with Crippen molar-refractivity contribution >= 4 is 11.7 Å². The molecule has 0 aliphatic carbocycles. The molecular weight excluding hydrogens is 280 g/mol. The maximum absolute atomic E-state index is 13.4. The van der Waals surface area contributed by atoms with Gasteiger partial charge in [0.25, 0.3) is 0 Å². The van der Waals surface area contributed by atoms with Gasteiger partial charge < -0.3 is 15.2 Å². The number of hydrogen-bond donors (Lipinski definition) is 1. The van der Waals surface area contributed by atoms with Crippen LogP contribution in [0.2, 0.25) is 0 Å². The SMILES string of the molecule is COc1cccc(C(=O)OCc2cc(F)ccc2F)c1N. The van der Waals surface area contributed by atoms with E-state index in [9.17, 15) is 13.6 Å². The largest absolute Gasteiger partial charge is 0.495 e. The number of methoxy groups -OCH3 is 1. The summed E-state index contributed by atoms with van der Waals surface area (Å²) in [6.07, 6.45) is 0. The smallest absolute Gasteiger partial charge is 0.340 e. The van der Waals surface area contributed by atoms with Crippen molar-refractivity contribution in [2.75, 3.05) is 12.8 Å². The number of carbonyl (C=O) groups is 1. The van der Waals surface area contributed by atoms with Crippen molar-refractivity contribution in [3.63, 3.8) is 0 Å². The molecule has 0 saturated carbocycles. The van der Waals surface area contributed by atoms with Gasteiger partial charge in [0.05, 0.1) is 18.4 Å². The normalized spacial score (nSPS) is 10.2. The van der Waals surface area contributed by atoms with Crippen LogP contribution in [-0.2, 0) is 11.3 Å². The van der Waals surface area contributed by atoms with Gasteiger partial charge in [-0.2, -0.15) is 0 Å². The first-order valence-electron chi connectivity index (χ1n) is 6.06. The number of rotatable bonds is 4. The molecule has 110 valence electrons. The van der Waals surface area contributed by atoms with Gasteiger partial charge in [-0.05, 0) is 30.3 Å². The fourth-order valence-electron chi connectivity index (χ4n) is 1.77. The first-order valence-corrected chi connectivity index (χ1v) is 6.06. The maximum Gasteiger partial charge on any atom is 0.340 e. The van der Waals surface area contributed by atoms with Gasteiger partial charge in [-0.15, -0.1) is 0 Å². The molecule has 0 unspecified atom stereocenters. The quantitative estimate of drug-likeness (QED) is 0.695. The predicted octanol–water partition coefficient (Wildman–Crippen LogP) is 2.91. The predicted molar refractivity (Wildman–Crippen MR) is 72.9 cm³/mol. The fraction of sp³-hybridized carbons (Fsp3) is 0.133. The molecule has 0 aliphatic rings. The van der Waals surface area contributed by atoms with Crippen LogP contribution in [0.5, 0.6) is 5.75 Å². The average molecular weight is 293 g/mol. The van der Waals surface area contributed by atoms with Crippen LogP contribution < -0.4 is 10.5 Å². The molecular formula is C15H13F2NO3. The zero-order valence-corrected chi connectivity index (χ0v) is 11.2. The van der Waals surface area contributed by atoms with Crippen molar-refractivity contribution in [2.45, 2.75) is 6.61 Å². The number of halogens is 2.